The average Bonchev–Trinajstić information content (AvgIpc) is 1.67. The zero-order chi connectivity index (χ0) is 6.57. The van der Waals surface area contributed by atoms with E-state index in [9.17, 15) is 0 Å². The molecule has 1 atom stereocenters. The van der Waals surface area contributed by atoms with Gasteiger partial charge in [-0.25, -0.2) is 0 Å². The number of hydrogen-bond donors (Lipinski definition) is 0. The van der Waals surface area contributed by atoms with E-state index in [1.807, 2.05) is 0 Å². The molecule has 0 aliphatic carbocycles. The maximum atomic E-state index is 3.95. The first-order valence-corrected chi connectivity index (χ1v) is 2.97. The maximum Gasteiger partial charge on any atom is 0.0702 e. The molecular formula is C6H14N2. The molecule has 48 valence electrons. The molecule has 0 saturated heterocycles. The summed E-state index contributed by atoms with van der Waals surface area (Å²) in [5.74, 6) is 0.610. The second-order valence-corrected chi connectivity index (χ2v) is 2.30. The van der Waals surface area contributed by atoms with Crippen molar-refractivity contribution in [2.24, 2.45) is 16.1 Å². The summed E-state index contributed by atoms with van der Waals surface area (Å²) in [6, 6.07) is 0.375. The van der Waals surface area contributed by atoms with Gasteiger partial charge in [0.05, 0.1) is 6.04 Å². The quantitative estimate of drug-likeness (QED) is 0.491. The molecule has 0 aromatic rings. The Morgan fingerprint density at radius 3 is 1.75 bits per heavy atom. The Labute approximate surface area is 51.0 Å². The molecule has 0 fully saturated rings. The summed E-state index contributed by atoms with van der Waals surface area (Å²) in [6.07, 6.45) is 0. The lowest BCUT2D eigenvalue weighted by Gasteiger charge is -2.06. The first-order chi connectivity index (χ1) is 3.68. The highest BCUT2D eigenvalue weighted by Crippen LogP contribution is 2.03. The van der Waals surface area contributed by atoms with Crippen molar-refractivity contribution in [3.63, 3.8) is 0 Å². The standard InChI is InChI=1S/C6H14N2/c1-5(2)6(3)8-7-4/h5-6H,1-4H3. The second-order valence-electron chi connectivity index (χ2n) is 2.30. The Hall–Kier alpha value is -0.400. The maximum absolute atomic E-state index is 3.95. The van der Waals surface area contributed by atoms with Crippen LogP contribution in [0, 0.1) is 5.92 Å². The monoisotopic (exact) mass is 114 g/mol. The van der Waals surface area contributed by atoms with Crippen LogP contribution in [0.15, 0.2) is 10.2 Å². The van der Waals surface area contributed by atoms with Crippen LogP contribution in [0.2, 0.25) is 0 Å². The zero-order valence-electron chi connectivity index (χ0n) is 6.05. The third-order valence-corrected chi connectivity index (χ3v) is 1.26. The lowest BCUT2D eigenvalue weighted by atomic mass is 10.1. The zero-order valence-corrected chi connectivity index (χ0v) is 6.05. The van der Waals surface area contributed by atoms with Crippen LogP contribution in [0.1, 0.15) is 20.8 Å². The van der Waals surface area contributed by atoms with Gasteiger partial charge in [-0.2, -0.15) is 10.2 Å². The molecule has 0 rings (SSSR count). The molecule has 8 heavy (non-hydrogen) atoms. The number of nitrogens with zero attached hydrogens (tertiary/aromatic N) is 2. The first kappa shape index (κ1) is 7.60. The summed E-state index contributed by atoms with van der Waals surface area (Å²) in [4.78, 5) is 0. The number of hydrogen-bond acceptors (Lipinski definition) is 2. The molecule has 0 amide bonds. The fraction of sp³-hybridized carbons (Fsp3) is 1.00. The Balaban J connectivity index is 3.47. The van der Waals surface area contributed by atoms with E-state index < -0.39 is 0 Å². The minimum absolute atomic E-state index is 0.375. The van der Waals surface area contributed by atoms with E-state index in [1.54, 1.807) is 7.05 Å². The predicted molar refractivity (Wildman–Crippen MR) is 35.1 cm³/mol. The van der Waals surface area contributed by atoms with Crippen molar-refractivity contribution in [1.29, 1.82) is 0 Å². The molecule has 2 heteroatoms. The van der Waals surface area contributed by atoms with Crippen LogP contribution in [-0.2, 0) is 0 Å². The molecule has 0 spiro atoms. The van der Waals surface area contributed by atoms with Crippen molar-refractivity contribution in [3.05, 3.63) is 0 Å². The lowest BCUT2D eigenvalue weighted by molar-refractivity contribution is 0.511. The van der Waals surface area contributed by atoms with Gasteiger partial charge in [0, 0.05) is 7.05 Å². The fourth-order valence-electron chi connectivity index (χ4n) is 0.315. The van der Waals surface area contributed by atoms with Gasteiger partial charge < -0.3 is 0 Å². The van der Waals surface area contributed by atoms with Crippen LogP contribution in [0.3, 0.4) is 0 Å². The fourth-order valence-corrected chi connectivity index (χ4v) is 0.315. The van der Waals surface area contributed by atoms with Gasteiger partial charge in [0.2, 0.25) is 0 Å². The molecule has 0 saturated carbocycles. The highest BCUT2D eigenvalue weighted by Gasteiger charge is 2.02. The van der Waals surface area contributed by atoms with Crippen molar-refractivity contribution in [1.82, 2.24) is 0 Å². The van der Waals surface area contributed by atoms with Gasteiger partial charge in [0.25, 0.3) is 0 Å². The van der Waals surface area contributed by atoms with E-state index >= 15 is 0 Å². The van der Waals surface area contributed by atoms with Crippen molar-refractivity contribution >= 4 is 0 Å². The molecule has 0 aliphatic heterocycles. The van der Waals surface area contributed by atoms with Crippen LogP contribution in [-0.4, -0.2) is 13.1 Å². The Bertz CT molecular complexity index is 76.6. The van der Waals surface area contributed by atoms with E-state index in [0.717, 1.165) is 0 Å². The molecule has 0 aliphatic rings. The highest BCUT2D eigenvalue weighted by molar-refractivity contribution is 4.59. The van der Waals surface area contributed by atoms with Gasteiger partial charge in [0.1, 0.15) is 0 Å². The molecule has 1 unspecified atom stereocenters. The molecule has 0 N–H and O–H groups in total. The largest absolute Gasteiger partial charge is 0.197 e. The van der Waals surface area contributed by atoms with Gasteiger partial charge >= 0.3 is 0 Å². The topological polar surface area (TPSA) is 24.7 Å². The Kier molecular flexibility index (Phi) is 3.40. The summed E-state index contributed by atoms with van der Waals surface area (Å²) < 4.78 is 0. The Morgan fingerprint density at radius 2 is 1.62 bits per heavy atom. The summed E-state index contributed by atoms with van der Waals surface area (Å²) in [6.45, 7) is 6.34. The van der Waals surface area contributed by atoms with Crippen LogP contribution in [0.5, 0.6) is 0 Å². The summed E-state index contributed by atoms with van der Waals surface area (Å²) in [5, 5.41) is 7.63. The lowest BCUT2D eigenvalue weighted by Crippen LogP contribution is -2.05. The van der Waals surface area contributed by atoms with Crippen molar-refractivity contribution < 1.29 is 0 Å². The highest BCUT2D eigenvalue weighted by atomic mass is 15.1. The van der Waals surface area contributed by atoms with Gasteiger partial charge in [-0.05, 0) is 12.8 Å². The van der Waals surface area contributed by atoms with Crippen molar-refractivity contribution in [2.75, 3.05) is 7.05 Å². The number of azo groups is 1. The van der Waals surface area contributed by atoms with Crippen LogP contribution >= 0.6 is 0 Å². The SMILES string of the molecule is CN=NC(C)C(C)C. The predicted octanol–water partition coefficient (Wildman–Crippen LogP) is 2.11. The van der Waals surface area contributed by atoms with E-state index in [4.69, 9.17) is 0 Å². The normalized spacial score (nSPS) is 15.6. The molecular weight excluding hydrogens is 100 g/mol. The number of rotatable bonds is 2. The smallest absolute Gasteiger partial charge is 0.0702 e. The molecule has 2 nitrogen and oxygen atoms in total. The van der Waals surface area contributed by atoms with Gasteiger partial charge in [0.15, 0.2) is 0 Å². The summed E-state index contributed by atoms with van der Waals surface area (Å²) in [5.41, 5.74) is 0. The molecule has 0 bridgehead atoms. The van der Waals surface area contributed by atoms with Crippen molar-refractivity contribution in [2.45, 2.75) is 26.8 Å². The van der Waals surface area contributed by atoms with Crippen LogP contribution in [0.25, 0.3) is 0 Å². The van der Waals surface area contributed by atoms with E-state index in [0.29, 0.717) is 12.0 Å². The molecule has 0 aromatic carbocycles. The summed E-state index contributed by atoms with van der Waals surface area (Å²) >= 11 is 0. The van der Waals surface area contributed by atoms with Crippen LogP contribution in [0.4, 0.5) is 0 Å². The second kappa shape index (κ2) is 3.58. The van der Waals surface area contributed by atoms with E-state index in [2.05, 4.69) is 31.0 Å². The van der Waals surface area contributed by atoms with Gasteiger partial charge in [-0.3, -0.25) is 0 Å². The third kappa shape index (κ3) is 2.72. The van der Waals surface area contributed by atoms with Crippen molar-refractivity contribution in [3.8, 4) is 0 Å². The van der Waals surface area contributed by atoms with Gasteiger partial charge in [-0.15, -0.1) is 0 Å². The third-order valence-electron chi connectivity index (χ3n) is 1.26. The Morgan fingerprint density at radius 1 is 1.12 bits per heavy atom. The van der Waals surface area contributed by atoms with E-state index in [-0.39, 0.29) is 0 Å². The van der Waals surface area contributed by atoms with E-state index in [1.165, 1.54) is 0 Å². The minimum Gasteiger partial charge on any atom is -0.197 e. The van der Waals surface area contributed by atoms with Crippen LogP contribution < -0.4 is 0 Å². The summed E-state index contributed by atoms with van der Waals surface area (Å²) in [7, 11) is 1.71. The molecule has 0 radical (unpaired) electrons. The minimum atomic E-state index is 0.375. The first-order valence-electron chi connectivity index (χ1n) is 2.97. The molecule has 0 heterocycles. The molecule has 0 aromatic heterocycles. The average molecular weight is 114 g/mol. The van der Waals surface area contributed by atoms with Gasteiger partial charge in [-0.1, -0.05) is 13.8 Å².